The molecule has 13 heavy (non-hydrogen) atoms. The summed E-state index contributed by atoms with van der Waals surface area (Å²) in [7, 11) is 0. The van der Waals surface area contributed by atoms with Gasteiger partial charge in [0.1, 0.15) is 0 Å². The highest BCUT2D eigenvalue weighted by Gasteiger charge is 2.46. The first kappa shape index (κ1) is 8.01. The zero-order valence-electron chi connectivity index (χ0n) is 7.92. The van der Waals surface area contributed by atoms with Crippen molar-refractivity contribution in [2.75, 3.05) is 0 Å². The molecule has 3 aliphatic rings. The molecule has 2 N–H and O–H groups in total. The third-order valence-electron chi connectivity index (χ3n) is 3.92. The molecule has 0 saturated heterocycles. The first-order chi connectivity index (χ1) is 6.28. The largest absolute Gasteiger partial charge is 0.388 e. The van der Waals surface area contributed by atoms with E-state index >= 15 is 0 Å². The summed E-state index contributed by atoms with van der Waals surface area (Å²) in [6, 6.07) is 0.873. The van der Waals surface area contributed by atoms with Crippen LogP contribution < -0.4 is 5.32 Å². The Morgan fingerprint density at radius 1 is 1.38 bits per heavy atom. The Balaban J connectivity index is 1.82. The highest BCUT2D eigenvalue weighted by Crippen LogP contribution is 2.41. The molecule has 2 bridgehead atoms. The van der Waals surface area contributed by atoms with Gasteiger partial charge in [0.25, 0.3) is 0 Å². The molecule has 1 aliphatic heterocycles. The molecule has 0 unspecified atom stereocenters. The minimum Gasteiger partial charge on any atom is -0.388 e. The van der Waals surface area contributed by atoms with Crippen LogP contribution in [-0.2, 0) is 0 Å². The van der Waals surface area contributed by atoms with Gasteiger partial charge in [-0.05, 0) is 25.7 Å². The van der Waals surface area contributed by atoms with Crippen molar-refractivity contribution in [2.24, 2.45) is 0 Å². The molecule has 0 amide bonds. The van der Waals surface area contributed by atoms with Crippen LogP contribution >= 0.6 is 0 Å². The number of rotatable bonds is 1. The van der Waals surface area contributed by atoms with Crippen molar-refractivity contribution in [2.45, 2.75) is 56.2 Å². The summed E-state index contributed by atoms with van der Waals surface area (Å²) in [6.07, 6.45) is 9.19. The number of piperidine rings is 1. The zero-order valence-corrected chi connectivity index (χ0v) is 7.92. The second-order valence-corrected chi connectivity index (χ2v) is 4.80. The molecule has 0 spiro atoms. The molecule has 0 radical (unpaired) electrons. The average molecular weight is 179 g/mol. The Bertz CT molecular complexity index is 253. The Morgan fingerprint density at radius 3 is 2.69 bits per heavy atom. The van der Waals surface area contributed by atoms with E-state index in [1.54, 1.807) is 0 Å². The molecule has 2 aliphatic carbocycles. The van der Waals surface area contributed by atoms with Gasteiger partial charge in [-0.15, -0.1) is 0 Å². The van der Waals surface area contributed by atoms with Gasteiger partial charge < -0.3 is 10.4 Å². The van der Waals surface area contributed by atoms with Gasteiger partial charge in [0.2, 0.25) is 0 Å². The monoisotopic (exact) mass is 179 g/mol. The molecular weight excluding hydrogens is 162 g/mol. The number of aliphatic hydroxyl groups is 1. The van der Waals surface area contributed by atoms with Crippen LogP contribution in [-0.4, -0.2) is 22.8 Å². The van der Waals surface area contributed by atoms with Crippen molar-refractivity contribution >= 4 is 0 Å². The maximum absolute atomic E-state index is 10.4. The lowest BCUT2D eigenvalue weighted by Gasteiger charge is -2.35. The molecule has 1 saturated carbocycles. The molecule has 2 heteroatoms. The fourth-order valence-electron chi connectivity index (χ4n) is 3.22. The van der Waals surface area contributed by atoms with Crippen LogP contribution in [0.1, 0.15) is 38.5 Å². The highest BCUT2D eigenvalue weighted by molar-refractivity contribution is 5.31. The predicted octanol–water partition coefficient (Wildman–Crippen LogP) is 1.35. The third-order valence-corrected chi connectivity index (χ3v) is 3.92. The van der Waals surface area contributed by atoms with E-state index in [4.69, 9.17) is 0 Å². The summed E-state index contributed by atoms with van der Waals surface area (Å²) >= 11 is 0. The van der Waals surface area contributed by atoms with Crippen molar-refractivity contribution in [3.8, 4) is 0 Å². The summed E-state index contributed by atoms with van der Waals surface area (Å²) in [6.45, 7) is 0. The molecule has 2 nitrogen and oxygen atoms in total. The third kappa shape index (κ3) is 1.09. The second kappa shape index (κ2) is 2.58. The lowest BCUT2D eigenvalue weighted by Crippen LogP contribution is -2.51. The minimum absolute atomic E-state index is 0.300. The van der Waals surface area contributed by atoms with E-state index in [2.05, 4.69) is 11.4 Å². The summed E-state index contributed by atoms with van der Waals surface area (Å²) < 4.78 is 0. The SMILES string of the molecule is OC1([C@H]2N[C@H]3C=C2CC3)CCCC1. The molecular formula is C11H17NO. The Hall–Kier alpha value is -0.340. The lowest BCUT2D eigenvalue weighted by atomic mass is 9.86. The summed E-state index contributed by atoms with van der Waals surface area (Å²) in [4.78, 5) is 0. The van der Waals surface area contributed by atoms with E-state index in [0.29, 0.717) is 12.1 Å². The van der Waals surface area contributed by atoms with Crippen LogP contribution in [0, 0.1) is 0 Å². The quantitative estimate of drug-likeness (QED) is 0.596. The second-order valence-electron chi connectivity index (χ2n) is 4.80. The van der Waals surface area contributed by atoms with Crippen LogP contribution in [0.2, 0.25) is 0 Å². The van der Waals surface area contributed by atoms with Gasteiger partial charge in [-0.3, -0.25) is 0 Å². The van der Waals surface area contributed by atoms with Gasteiger partial charge in [-0.25, -0.2) is 0 Å². The fourth-order valence-corrected chi connectivity index (χ4v) is 3.22. The van der Waals surface area contributed by atoms with E-state index in [0.717, 1.165) is 12.8 Å². The topological polar surface area (TPSA) is 32.3 Å². The smallest absolute Gasteiger partial charge is 0.0838 e. The van der Waals surface area contributed by atoms with Crippen molar-refractivity contribution in [1.29, 1.82) is 0 Å². The van der Waals surface area contributed by atoms with E-state index in [9.17, 15) is 5.11 Å². The molecule has 1 fully saturated rings. The van der Waals surface area contributed by atoms with Crippen LogP contribution in [0.5, 0.6) is 0 Å². The zero-order chi connectivity index (χ0) is 8.89. The number of hydrogen-bond acceptors (Lipinski definition) is 2. The number of fused-ring (bicyclic) bond motifs is 1. The molecule has 0 aromatic heterocycles. The standard InChI is InChI=1S/C11H17NO/c13-11(5-1-2-6-11)10-8-3-4-9(7-8)12-10/h7,9-10,12-13H,1-6H2/t9-,10+/m1/s1. The van der Waals surface area contributed by atoms with E-state index in [1.165, 1.54) is 31.3 Å². The lowest BCUT2D eigenvalue weighted by molar-refractivity contribution is 0.0172. The number of hydrogen-bond donors (Lipinski definition) is 2. The molecule has 2 atom stereocenters. The van der Waals surface area contributed by atoms with Gasteiger partial charge in [0, 0.05) is 6.04 Å². The van der Waals surface area contributed by atoms with E-state index in [1.807, 2.05) is 0 Å². The Morgan fingerprint density at radius 2 is 2.15 bits per heavy atom. The van der Waals surface area contributed by atoms with Crippen LogP contribution in [0.25, 0.3) is 0 Å². The maximum Gasteiger partial charge on any atom is 0.0838 e. The van der Waals surface area contributed by atoms with E-state index in [-0.39, 0.29) is 0 Å². The molecule has 3 rings (SSSR count). The first-order valence-corrected chi connectivity index (χ1v) is 5.47. The summed E-state index contributed by atoms with van der Waals surface area (Å²) in [5.74, 6) is 0. The fraction of sp³-hybridized carbons (Fsp3) is 0.818. The number of nitrogens with one attached hydrogen (secondary N) is 1. The molecule has 72 valence electrons. The van der Waals surface area contributed by atoms with Crippen LogP contribution in [0.4, 0.5) is 0 Å². The normalized spacial score (nSPS) is 41.2. The first-order valence-electron chi connectivity index (χ1n) is 5.47. The van der Waals surface area contributed by atoms with E-state index < -0.39 is 5.60 Å². The Labute approximate surface area is 79.0 Å². The van der Waals surface area contributed by atoms with Crippen LogP contribution in [0.3, 0.4) is 0 Å². The van der Waals surface area contributed by atoms with Crippen molar-refractivity contribution < 1.29 is 5.11 Å². The molecule has 1 heterocycles. The Kier molecular flexibility index (Phi) is 1.59. The van der Waals surface area contributed by atoms with Gasteiger partial charge in [-0.2, -0.15) is 0 Å². The molecule has 0 aromatic rings. The maximum atomic E-state index is 10.4. The van der Waals surface area contributed by atoms with Crippen molar-refractivity contribution in [1.82, 2.24) is 5.32 Å². The summed E-state index contributed by atoms with van der Waals surface area (Å²) in [5.41, 5.74) is 1.08. The molecule has 0 aromatic carbocycles. The van der Waals surface area contributed by atoms with Crippen LogP contribution in [0.15, 0.2) is 11.6 Å². The van der Waals surface area contributed by atoms with Crippen molar-refractivity contribution in [3.05, 3.63) is 11.6 Å². The van der Waals surface area contributed by atoms with Gasteiger partial charge >= 0.3 is 0 Å². The minimum atomic E-state index is -0.402. The van der Waals surface area contributed by atoms with Crippen molar-refractivity contribution in [3.63, 3.8) is 0 Å². The van der Waals surface area contributed by atoms with Gasteiger partial charge in [0.15, 0.2) is 0 Å². The van der Waals surface area contributed by atoms with Gasteiger partial charge in [-0.1, -0.05) is 24.5 Å². The highest BCUT2D eigenvalue weighted by atomic mass is 16.3. The predicted molar refractivity (Wildman–Crippen MR) is 51.4 cm³/mol. The summed E-state index contributed by atoms with van der Waals surface area (Å²) in [5, 5.41) is 13.9. The average Bonchev–Trinajstić information content (AvgIpc) is 2.77. The van der Waals surface area contributed by atoms with Gasteiger partial charge in [0.05, 0.1) is 11.6 Å².